The van der Waals surface area contributed by atoms with Gasteiger partial charge in [0.05, 0.1) is 12.6 Å². The van der Waals surface area contributed by atoms with Crippen LogP contribution in [-0.4, -0.2) is 125 Å². The van der Waals surface area contributed by atoms with Crippen LogP contribution in [0.5, 0.6) is 0 Å². The Morgan fingerprint density at radius 2 is 1.29 bits per heavy atom. The zero-order chi connectivity index (χ0) is 46.5. The number of carbonyl (C=O) groups excluding carboxylic acids is 7. The Balaban J connectivity index is 1.41. The Kier molecular flexibility index (Phi) is 18.0. The van der Waals surface area contributed by atoms with Gasteiger partial charge in [0, 0.05) is 12.5 Å². The number of rotatable bonds is 21. The van der Waals surface area contributed by atoms with Crippen LogP contribution in [0, 0.1) is 17.8 Å². The Labute approximate surface area is 368 Å². The van der Waals surface area contributed by atoms with Crippen molar-refractivity contribution in [3.05, 3.63) is 59.7 Å². The first-order chi connectivity index (χ1) is 29.8. The van der Waals surface area contributed by atoms with Crippen LogP contribution in [0.1, 0.15) is 91.2 Å². The van der Waals surface area contributed by atoms with E-state index in [1.54, 1.807) is 13.8 Å². The molecule has 18 heteroatoms. The standard InChI is InChI=1S/C45H63N7O11/c1-24(2)19-33(40(57)50-39(27(7)53)42(59)47-21-36(54)46-22-37(55)56)48-41(58)35-17-12-18-52(35)44(61)34(20-25(3)4)49-43(60)38(26(5)6)51-45(62)63-23-32-30-15-10-8-13-28(30)29-14-9-11-16-31(29)32/h8-11,13-16,24-27,32-35,38-39,53H,12,17-23H2,1-7H3,(H,46,54)(H,47,59)(H,48,58)(H,49,60)(H,50,57)(H,51,62)(H,55,56)/t27?,33-,34-,35-,38-,39-/m0/s1. The van der Waals surface area contributed by atoms with Crippen LogP contribution in [-0.2, 0) is 38.3 Å². The summed E-state index contributed by atoms with van der Waals surface area (Å²) in [5, 5.41) is 34.1. The zero-order valence-corrected chi connectivity index (χ0v) is 37.1. The van der Waals surface area contributed by atoms with Gasteiger partial charge in [-0.3, -0.25) is 33.6 Å². The van der Waals surface area contributed by atoms with E-state index in [0.717, 1.165) is 22.3 Å². The molecule has 1 unspecified atom stereocenters. The molecule has 1 aliphatic carbocycles. The Morgan fingerprint density at radius 1 is 0.698 bits per heavy atom. The van der Waals surface area contributed by atoms with E-state index in [2.05, 4.69) is 31.9 Å². The maximum absolute atomic E-state index is 14.3. The van der Waals surface area contributed by atoms with Gasteiger partial charge in [-0.15, -0.1) is 0 Å². The molecule has 1 heterocycles. The summed E-state index contributed by atoms with van der Waals surface area (Å²) in [6.45, 7) is 11.2. The second kappa shape index (κ2) is 22.9. The molecule has 1 aliphatic heterocycles. The predicted octanol–water partition coefficient (Wildman–Crippen LogP) is 1.79. The third-order valence-corrected chi connectivity index (χ3v) is 11.0. The Bertz CT molecular complexity index is 1940. The zero-order valence-electron chi connectivity index (χ0n) is 37.1. The van der Waals surface area contributed by atoms with Gasteiger partial charge in [0.1, 0.15) is 43.4 Å². The SMILES string of the molecule is CC(C)C[C@H](NC(=O)[C@@H]1CCCN1C(=O)[C@H](CC(C)C)NC(=O)[C@@H](NC(=O)OCC1c2ccccc2-c2ccccc21)C(C)C)C(=O)N[C@H](C(=O)NCC(=O)NCC(=O)O)C(C)O. The van der Waals surface area contributed by atoms with Gasteiger partial charge in [-0.2, -0.15) is 0 Å². The molecular weight excluding hydrogens is 815 g/mol. The van der Waals surface area contributed by atoms with E-state index in [9.17, 15) is 43.5 Å². The molecule has 2 aromatic carbocycles. The lowest BCUT2D eigenvalue weighted by Gasteiger charge is -2.32. The van der Waals surface area contributed by atoms with Crippen LogP contribution in [0.2, 0.25) is 0 Å². The molecule has 1 fully saturated rings. The van der Waals surface area contributed by atoms with Gasteiger partial charge in [0.15, 0.2) is 0 Å². The fraction of sp³-hybridized carbons (Fsp3) is 0.556. The number of carboxylic acid groups (broad SMARTS) is 1. The van der Waals surface area contributed by atoms with Gasteiger partial charge < -0.3 is 51.8 Å². The lowest BCUT2D eigenvalue weighted by atomic mass is 9.98. The van der Waals surface area contributed by atoms with Crippen LogP contribution < -0.4 is 31.9 Å². The first kappa shape index (κ1) is 49.6. The van der Waals surface area contributed by atoms with Gasteiger partial charge in [-0.05, 0) is 72.6 Å². The smallest absolute Gasteiger partial charge is 0.407 e. The number of likely N-dealkylation sites (tertiary alicyclic amines) is 1. The van der Waals surface area contributed by atoms with Crippen molar-refractivity contribution in [2.24, 2.45) is 17.8 Å². The molecule has 18 nitrogen and oxygen atoms in total. The molecule has 0 spiro atoms. The van der Waals surface area contributed by atoms with Gasteiger partial charge in [-0.25, -0.2) is 4.79 Å². The number of nitrogens with one attached hydrogen (secondary N) is 6. The fourth-order valence-electron chi connectivity index (χ4n) is 7.90. The van der Waals surface area contributed by atoms with E-state index in [1.165, 1.54) is 11.8 Å². The number of ether oxygens (including phenoxy) is 1. The maximum Gasteiger partial charge on any atom is 0.407 e. The van der Waals surface area contributed by atoms with Crippen molar-refractivity contribution in [2.75, 3.05) is 26.2 Å². The highest BCUT2D eigenvalue weighted by Crippen LogP contribution is 2.44. The number of carbonyl (C=O) groups is 8. The average Bonchev–Trinajstić information content (AvgIpc) is 3.84. The lowest BCUT2D eigenvalue weighted by Crippen LogP contribution is -2.60. The van der Waals surface area contributed by atoms with Crippen molar-refractivity contribution in [3.8, 4) is 11.1 Å². The van der Waals surface area contributed by atoms with E-state index in [-0.39, 0.29) is 50.2 Å². The summed E-state index contributed by atoms with van der Waals surface area (Å²) in [5.41, 5.74) is 4.23. The summed E-state index contributed by atoms with van der Waals surface area (Å²) < 4.78 is 5.72. The number of alkyl carbamates (subject to hydrolysis) is 1. The number of aliphatic carboxylic acids is 1. The molecule has 0 aromatic heterocycles. The van der Waals surface area contributed by atoms with Crippen molar-refractivity contribution in [1.82, 2.24) is 36.8 Å². The molecule has 0 radical (unpaired) electrons. The molecule has 0 saturated carbocycles. The number of nitrogens with zero attached hydrogens (tertiary/aromatic N) is 1. The van der Waals surface area contributed by atoms with Crippen molar-refractivity contribution in [2.45, 2.75) is 116 Å². The maximum atomic E-state index is 14.3. The lowest BCUT2D eigenvalue weighted by molar-refractivity contribution is -0.143. The number of aliphatic hydroxyl groups is 1. The first-order valence-corrected chi connectivity index (χ1v) is 21.6. The summed E-state index contributed by atoms with van der Waals surface area (Å²) in [6, 6.07) is 10.1. The number of aliphatic hydroxyl groups excluding tert-OH is 1. The highest BCUT2D eigenvalue weighted by atomic mass is 16.5. The second-order valence-electron chi connectivity index (χ2n) is 17.4. The van der Waals surface area contributed by atoms with E-state index >= 15 is 0 Å². The Morgan fingerprint density at radius 3 is 1.84 bits per heavy atom. The average molecular weight is 878 g/mol. The fourth-order valence-corrected chi connectivity index (χ4v) is 7.90. The number of fused-ring (bicyclic) bond motifs is 3. The molecule has 63 heavy (non-hydrogen) atoms. The number of carboxylic acids is 1. The monoisotopic (exact) mass is 877 g/mol. The highest BCUT2D eigenvalue weighted by Gasteiger charge is 2.41. The number of amides is 7. The molecule has 2 aromatic rings. The van der Waals surface area contributed by atoms with E-state index in [1.807, 2.05) is 76.2 Å². The van der Waals surface area contributed by atoms with Crippen LogP contribution in [0.3, 0.4) is 0 Å². The summed E-state index contributed by atoms with van der Waals surface area (Å²) in [7, 11) is 0. The van der Waals surface area contributed by atoms with Gasteiger partial charge in [0.2, 0.25) is 35.4 Å². The molecule has 0 bridgehead atoms. The van der Waals surface area contributed by atoms with Crippen LogP contribution in [0.25, 0.3) is 11.1 Å². The minimum atomic E-state index is -1.53. The molecular formula is C45H63N7O11. The molecule has 1 saturated heterocycles. The van der Waals surface area contributed by atoms with Crippen LogP contribution in [0.15, 0.2) is 48.5 Å². The number of hydrogen-bond donors (Lipinski definition) is 8. The minimum Gasteiger partial charge on any atom is -0.480 e. The molecule has 6 atom stereocenters. The predicted molar refractivity (Wildman–Crippen MR) is 232 cm³/mol. The third-order valence-electron chi connectivity index (χ3n) is 11.0. The summed E-state index contributed by atoms with van der Waals surface area (Å²) in [6.07, 6.45) is -1.11. The molecule has 344 valence electrons. The largest absolute Gasteiger partial charge is 0.480 e. The van der Waals surface area contributed by atoms with Gasteiger partial charge >= 0.3 is 12.1 Å². The minimum absolute atomic E-state index is 0.0486. The van der Waals surface area contributed by atoms with Crippen LogP contribution >= 0.6 is 0 Å². The Hall–Kier alpha value is -6.04. The van der Waals surface area contributed by atoms with E-state index in [0.29, 0.717) is 6.42 Å². The third kappa shape index (κ3) is 13.7. The topological polar surface area (TPSA) is 262 Å². The van der Waals surface area contributed by atoms with Crippen molar-refractivity contribution in [1.29, 1.82) is 0 Å². The van der Waals surface area contributed by atoms with Crippen molar-refractivity contribution in [3.63, 3.8) is 0 Å². The summed E-state index contributed by atoms with van der Waals surface area (Å²) in [5.74, 6) is -6.27. The highest BCUT2D eigenvalue weighted by molar-refractivity contribution is 5.97. The molecule has 8 N–H and O–H groups in total. The molecule has 4 rings (SSSR count). The number of hydrogen-bond acceptors (Lipinski definition) is 10. The van der Waals surface area contributed by atoms with Gasteiger partial charge in [-0.1, -0.05) is 90.1 Å². The number of benzene rings is 2. The van der Waals surface area contributed by atoms with Gasteiger partial charge in [0.25, 0.3) is 0 Å². The first-order valence-electron chi connectivity index (χ1n) is 21.6. The summed E-state index contributed by atoms with van der Waals surface area (Å²) >= 11 is 0. The molecule has 2 aliphatic rings. The van der Waals surface area contributed by atoms with Crippen LogP contribution in [0.4, 0.5) is 4.79 Å². The van der Waals surface area contributed by atoms with Crippen molar-refractivity contribution < 1.29 is 53.3 Å². The normalized spacial score (nSPS) is 16.8. The van der Waals surface area contributed by atoms with E-state index < -0.39 is 103 Å². The second-order valence-corrected chi connectivity index (χ2v) is 17.4. The quantitative estimate of drug-likeness (QED) is 0.0897. The van der Waals surface area contributed by atoms with E-state index in [4.69, 9.17) is 9.84 Å². The van der Waals surface area contributed by atoms with Crippen molar-refractivity contribution >= 4 is 47.5 Å². The molecule has 7 amide bonds. The summed E-state index contributed by atoms with van der Waals surface area (Å²) in [4.78, 5) is 106.